The summed E-state index contributed by atoms with van der Waals surface area (Å²) in [6.07, 6.45) is 12.3. The average Bonchev–Trinajstić information content (AvgIpc) is 3.60. The predicted molar refractivity (Wildman–Crippen MR) is 140 cm³/mol. The van der Waals surface area contributed by atoms with Gasteiger partial charge in [-0.25, -0.2) is 0 Å². The molecule has 1 saturated carbocycles. The predicted octanol–water partition coefficient (Wildman–Crippen LogP) is 5.53. The highest BCUT2D eigenvalue weighted by Crippen LogP contribution is 2.43. The maximum absolute atomic E-state index is 12.4. The van der Waals surface area contributed by atoms with Crippen LogP contribution in [0, 0.1) is 11.3 Å². The van der Waals surface area contributed by atoms with Crippen molar-refractivity contribution in [2.75, 3.05) is 25.0 Å². The molecule has 5 heteroatoms. The van der Waals surface area contributed by atoms with Gasteiger partial charge < -0.3 is 4.90 Å². The number of imide groups is 1. The highest BCUT2D eigenvalue weighted by molar-refractivity contribution is 6.00. The summed E-state index contributed by atoms with van der Waals surface area (Å²) < 4.78 is 0. The molecule has 1 aromatic rings. The van der Waals surface area contributed by atoms with Crippen molar-refractivity contribution >= 4 is 23.6 Å². The summed E-state index contributed by atoms with van der Waals surface area (Å²) in [7, 11) is 2.01. The second kappa shape index (κ2) is 10.6. The van der Waals surface area contributed by atoms with Crippen molar-refractivity contribution in [1.82, 2.24) is 10.2 Å². The van der Waals surface area contributed by atoms with Crippen molar-refractivity contribution in [3.8, 4) is 0 Å². The zero-order valence-electron chi connectivity index (χ0n) is 21.7. The van der Waals surface area contributed by atoms with E-state index in [-0.39, 0.29) is 17.9 Å². The minimum Gasteiger partial charge on any atom is -0.370 e. The minimum absolute atomic E-state index is 0.155. The number of carbonyl (C=O) groups excluding carboxylic acids is 2. The van der Waals surface area contributed by atoms with Crippen molar-refractivity contribution in [2.45, 2.75) is 91.1 Å². The number of anilines is 1. The standard InChI is InChI=1S/C29H43N3O2/c1-5-14-29(15-13-21(3)6-2)19-32(20-29)25-10-9-23(16-22-7-8-22)24(17-25)18-31(4)26-11-12-27(33)30-28(26)34/h9-10,16-17,21,26H,5-8,11-15,18-20H2,1-4H3,(H,30,33,34). The minimum atomic E-state index is -0.246. The Labute approximate surface area is 206 Å². The normalized spacial score (nSPS) is 22.4. The highest BCUT2D eigenvalue weighted by Gasteiger charge is 2.42. The number of amides is 2. The lowest BCUT2D eigenvalue weighted by molar-refractivity contribution is -0.137. The molecule has 0 radical (unpaired) electrons. The van der Waals surface area contributed by atoms with Crippen molar-refractivity contribution in [3.63, 3.8) is 0 Å². The lowest BCUT2D eigenvalue weighted by Crippen LogP contribution is -2.56. The number of carbonyl (C=O) groups is 2. The van der Waals surface area contributed by atoms with Crippen LogP contribution in [0.25, 0.3) is 6.08 Å². The first-order valence-electron chi connectivity index (χ1n) is 13.4. The van der Waals surface area contributed by atoms with Gasteiger partial charge in [-0.3, -0.25) is 19.8 Å². The molecule has 5 nitrogen and oxygen atoms in total. The molecule has 0 aromatic heterocycles. The Morgan fingerprint density at radius 1 is 1.18 bits per heavy atom. The topological polar surface area (TPSA) is 52.6 Å². The molecule has 1 N–H and O–H groups in total. The van der Waals surface area contributed by atoms with E-state index < -0.39 is 0 Å². The van der Waals surface area contributed by atoms with Crippen LogP contribution in [0.1, 0.15) is 89.7 Å². The van der Waals surface area contributed by atoms with Gasteiger partial charge in [0, 0.05) is 37.2 Å². The Morgan fingerprint density at radius 3 is 2.59 bits per heavy atom. The quantitative estimate of drug-likeness (QED) is 0.436. The Kier molecular flexibility index (Phi) is 7.81. The first-order valence-corrected chi connectivity index (χ1v) is 13.4. The lowest BCUT2D eigenvalue weighted by Gasteiger charge is -2.52. The summed E-state index contributed by atoms with van der Waals surface area (Å²) in [5, 5.41) is 2.51. The number of rotatable bonds is 11. The van der Waals surface area contributed by atoms with E-state index in [0.717, 1.165) is 19.0 Å². The van der Waals surface area contributed by atoms with Gasteiger partial charge in [0.1, 0.15) is 0 Å². The average molecular weight is 466 g/mol. The van der Waals surface area contributed by atoms with Gasteiger partial charge in [-0.2, -0.15) is 0 Å². The van der Waals surface area contributed by atoms with Crippen LogP contribution < -0.4 is 10.2 Å². The third kappa shape index (κ3) is 5.91. The van der Waals surface area contributed by atoms with Gasteiger partial charge in [-0.05, 0) is 68.3 Å². The van der Waals surface area contributed by atoms with Crippen molar-refractivity contribution < 1.29 is 9.59 Å². The van der Waals surface area contributed by atoms with Crippen molar-refractivity contribution in [3.05, 3.63) is 34.9 Å². The molecule has 2 atom stereocenters. The number of allylic oxidation sites excluding steroid dienone is 1. The van der Waals surface area contributed by atoms with Crippen LogP contribution in [0.5, 0.6) is 0 Å². The zero-order chi connectivity index (χ0) is 24.3. The molecular formula is C29H43N3O2. The summed E-state index contributed by atoms with van der Waals surface area (Å²) in [6, 6.07) is 6.66. The van der Waals surface area contributed by atoms with E-state index >= 15 is 0 Å². The third-order valence-electron chi connectivity index (χ3n) is 8.25. The van der Waals surface area contributed by atoms with E-state index in [1.165, 1.54) is 67.3 Å². The Balaban J connectivity index is 1.48. The highest BCUT2D eigenvalue weighted by atomic mass is 16.2. The molecule has 1 aromatic carbocycles. The van der Waals surface area contributed by atoms with Crippen LogP contribution in [0.2, 0.25) is 0 Å². The van der Waals surface area contributed by atoms with E-state index in [1.54, 1.807) is 0 Å². The number of nitrogens with one attached hydrogen (secondary N) is 1. The van der Waals surface area contributed by atoms with E-state index in [0.29, 0.717) is 24.8 Å². The maximum Gasteiger partial charge on any atom is 0.243 e. The number of likely N-dealkylation sites (N-methyl/N-ethyl adjacent to an activating group) is 1. The van der Waals surface area contributed by atoms with Crippen LogP contribution in [0.15, 0.2) is 23.8 Å². The van der Waals surface area contributed by atoms with Gasteiger partial charge in [0.05, 0.1) is 6.04 Å². The third-order valence-corrected chi connectivity index (χ3v) is 8.25. The molecule has 186 valence electrons. The van der Waals surface area contributed by atoms with Gasteiger partial charge in [0.2, 0.25) is 11.8 Å². The monoisotopic (exact) mass is 465 g/mol. The molecule has 3 aliphatic rings. The molecule has 2 aliphatic heterocycles. The van der Waals surface area contributed by atoms with Gasteiger partial charge in [0.15, 0.2) is 0 Å². The maximum atomic E-state index is 12.4. The van der Waals surface area contributed by atoms with E-state index in [4.69, 9.17) is 0 Å². The van der Waals surface area contributed by atoms with Crippen LogP contribution in [-0.4, -0.2) is 42.9 Å². The fourth-order valence-corrected chi connectivity index (χ4v) is 5.66. The fourth-order valence-electron chi connectivity index (χ4n) is 5.66. The Morgan fingerprint density at radius 2 is 1.94 bits per heavy atom. The first kappa shape index (κ1) is 25.0. The summed E-state index contributed by atoms with van der Waals surface area (Å²) >= 11 is 0. The number of piperidine rings is 1. The second-order valence-electron chi connectivity index (χ2n) is 11.2. The number of nitrogens with zero attached hydrogens (tertiary/aromatic N) is 2. The van der Waals surface area contributed by atoms with Crippen LogP contribution in [0.4, 0.5) is 5.69 Å². The molecule has 0 bridgehead atoms. The molecule has 2 unspecified atom stereocenters. The number of benzene rings is 1. The molecule has 0 spiro atoms. The zero-order valence-corrected chi connectivity index (χ0v) is 21.7. The van der Waals surface area contributed by atoms with Gasteiger partial charge in [0.25, 0.3) is 0 Å². The summed E-state index contributed by atoms with van der Waals surface area (Å²) in [6.45, 7) is 10.0. The molecular weight excluding hydrogens is 422 g/mol. The van der Waals surface area contributed by atoms with Crippen LogP contribution in [0.3, 0.4) is 0 Å². The van der Waals surface area contributed by atoms with Gasteiger partial charge in [-0.15, -0.1) is 0 Å². The summed E-state index contributed by atoms with van der Waals surface area (Å²) in [4.78, 5) is 28.6. The molecule has 1 aliphatic carbocycles. The van der Waals surface area contributed by atoms with E-state index in [1.807, 2.05) is 7.05 Å². The second-order valence-corrected chi connectivity index (χ2v) is 11.2. The molecule has 2 heterocycles. The SMILES string of the molecule is CCCC1(CCC(C)CC)CN(c2ccc(C=C3CC3)c(CN(C)C3CCC(=O)NC3=O)c2)C1. The van der Waals surface area contributed by atoms with Crippen molar-refractivity contribution in [1.29, 1.82) is 0 Å². The van der Waals surface area contributed by atoms with E-state index in [9.17, 15) is 9.59 Å². The molecule has 3 fully saturated rings. The lowest BCUT2D eigenvalue weighted by atomic mass is 9.71. The summed E-state index contributed by atoms with van der Waals surface area (Å²) in [5.41, 5.74) is 5.83. The van der Waals surface area contributed by atoms with Crippen LogP contribution in [-0.2, 0) is 16.1 Å². The number of hydrogen-bond donors (Lipinski definition) is 1. The van der Waals surface area contributed by atoms with Crippen LogP contribution >= 0.6 is 0 Å². The van der Waals surface area contributed by atoms with E-state index in [2.05, 4.69) is 60.2 Å². The molecule has 4 rings (SSSR count). The fraction of sp³-hybridized carbons (Fsp3) is 0.655. The molecule has 2 saturated heterocycles. The summed E-state index contributed by atoms with van der Waals surface area (Å²) in [5.74, 6) is 0.495. The Hall–Kier alpha value is -2.14. The first-order chi connectivity index (χ1) is 16.3. The smallest absolute Gasteiger partial charge is 0.243 e. The largest absolute Gasteiger partial charge is 0.370 e. The van der Waals surface area contributed by atoms with Gasteiger partial charge in [-0.1, -0.05) is 57.7 Å². The van der Waals surface area contributed by atoms with Gasteiger partial charge >= 0.3 is 0 Å². The molecule has 2 amide bonds. The Bertz CT molecular complexity index is 925. The van der Waals surface area contributed by atoms with Crippen molar-refractivity contribution in [2.24, 2.45) is 11.3 Å². The number of hydrogen-bond acceptors (Lipinski definition) is 4. The molecule has 34 heavy (non-hydrogen) atoms.